The second kappa shape index (κ2) is 9.43. The fraction of sp³-hybridized carbons (Fsp3) is 0.273. The molecule has 0 aliphatic carbocycles. The fourth-order valence-corrected chi connectivity index (χ4v) is 4.90. The standard InChI is InChI=1S/C22H19BrN4O5S/c23-15-7-10-20(24-12-15)33(31,32)25-11-2-1-4-14-5-3-6-16-17(14)13-27(22(16)30)18-8-9-19(28)26-21(18)29/h3,5-7,10,12,18,25H,2,8-9,11,13H2,(H,26,28,29). The summed E-state index contributed by atoms with van der Waals surface area (Å²) in [5.74, 6) is 4.86. The van der Waals surface area contributed by atoms with Crippen molar-refractivity contribution < 1.29 is 22.8 Å². The Bertz CT molecular complexity index is 1300. The molecule has 3 heterocycles. The van der Waals surface area contributed by atoms with Gasteiger partial charge in [0.25, 0.3) is 15.9 Å². The summed E-state index contributed by atoms with van der Waals surface area (Å²) in [4.78, 5) is 41.8. The first-order valence-corrected chi connectivity index (χ1v) is 12.4. The van der Waals surface area contributed by atoms with Crippen LogP contribution in [0.15, 0.2) is 46.0 Å². The largest absolute Gasteiger partial charge is 0.322 e. The Morgan fingerprint density at radius 2 is 2.03 bits per heavy atom. The van der Waals surface area contributed by atoms with Crippen molar-refractivity contribution in [2.75, 3.05) is 6.54 Å². The quantitative estimate of drug-likeness (QED) is 0.341. The molecule has 0 saturated carbocycles. The van der Waals surface area contributed by atoms with Crippen molar-refractivity contribution in [1.29, 1.82) is 0 Å². The SMILES string of the molecule is O=C1CCC(N2Cc3c(C#CCCNS(=O)(=O)c4ccc(Br)cn4)cccc3C2=O)C(=O)N1. The van der Waals surface area contributed by atoms with Crippen LogP contribution >= 0.6 is 15.9 Å². The molecule has 0 bridgehead atoms. The minimum atomic E-state index is -3.73. The van der Waals surface area contributed by atoms with Crippen molar-refractivity contribution in [2.45, 2.75) is 36.9 Å². The number of halogens is 1. The summed E-state index contributed by atoms with van der Waals surface area (Å²) >= 11 is 3.21. The zero-order valence-electron chi connectivity index (χ0n) is 17.3. The molecule has 1 fully saturated rings. The zero-order chi connectivity index (χ0) is 23.6. The van der Waals surface area contributed by atoms with Gasteiger partial charge in [-0.15, -0.1) is 0 Å². The van der Waals surface area contributed by atoms with Crippen LogP contribution in [-0.4, -0.2) is 48.6 Å². The Morgan fingerprint density at radius 3 is 2.76 bits per heavy atom. The van der Waals surface area contributed by atoms with Crippen LogP contribution in [0, 0.1) is 11.8 Å². The summed E-state index contributed by atoms with van der Waals surface area (Å²) < 4.78 is 27.7. The Hall–Kier alpha value is -3.07. The molecule has 3 amide bonds. The van der Waals surface area contributed by atoms with Gasteiger partial charge in [-0.2, -0.15) is 0 Å². The van der Waals surface area contributed by atoms with Gasteiger partial charge in [-0.3, -0.25) is 19.7 Å². The predicted octanol–water partition coefficient (Wildman–Crippen LogP) is 1.33. The molecule has 33 heavy (non-hydrogen) atoms. The number of piperidine rings is 1. The van der Waals surface area contributed by atoms with Crippen LogP contribution in [0.4, 0.5) is 0 Å². The number of hydrogen-bond donors (Lipinski definition) is 2. The van der Waals surface area contributed by atoms with Gasteiger partial charge < -0.3 is 4.90 Å². The molecule has 2 aliphatic rings. The molecular formula is C22H19BrN4O5S. The maximum atomic E-state index is 12.8. The van der Waals surface area contributed by atoms with E-state index in [2.05, 4.69) is 42.8 Å². The summed E-state index contributed by atoms with van der Waals surface area (Å²) in [5, 5.41) is 2.20. The molecule has 4 rings (SSSR count). The van der Waals surface area contributed by atoms with Gasteiger partial charge in [0.15, 0.2) is 5.03 Å². The number of hydrogen-bond acceptors (Lipinski definition) is 6. The molecule has 1 unspecified atom stereocenters. The predicted molar refractivity (Wildman–Crippen MR) is 121 cm³/mol. The highest BCUT2D eigenvalue weighted by Crippen LogP contribution is 2.29. The molecule has 9 nitrogen and oxygen atoms in total. The van der Waals surface area contributed by atoms with Crippen molar-refractivity contribution in [3.8, 4) is 11.8 Å². The first-order valence-electron chi connectivity index (χ1n) is 10.1. The third kappa shape index (κ3) is 4.98. The summed E-state index contributed by atoms with van der Waals surface area (Å²) in [7, 11) is -3.73. The van der Waals surface area contributed by atoms with Crippen LogP contribution in [-0.2, 0) is 26.2 Å². The monoisotopic (exact) mass is 530 g/mol. The van der Waals surface area contributed by atoms with E-state index in [1.54, 1.807) is 24.3 Å². The van der Waals surface area contributed by atoms with Gasteiger partial charge in [0.1, 0.15) is 6.04 Å². The lowest BCUT2D eigenvalue weighted by atomic mass is 10.0. The number of rotatable bonds is 5. The summed E-state index contributed by atoms with van der Waals surface area (Å²) in [6, 6.07) is 7.49. The first kappa shape index (κ1) is 23.1. The molecular weight excluding hydrogens is 512 g/mol. The van der Waals surface area contributed by atoms with Gasteiger partial charge in [-0.05, 0) is 52.2 Å². The van der Waals surface area contributed by atoms with Gasteiger partial charge in [-0.1, -0.05) is 17.9 Å². The molecule has 1 saturated heterocycles. The first-order chi connectivity index (χ1) is 15.8. The second-order valence-electron chi connectivity index (χ2n) is 7.50. The van der Waals surface area contributed by atoms with Gasteiger partial charge in [0.2, 0.25) is 11.8 Å². The van der Waals surface area contributed by atoms with Crippen LogP contribution in [0.25, 0.3) is 0 Å². The molecule has 170 valence electrons. The third-order valence-electron chi connectivity index (χ3n) is 5.32. The van der Waals surface area contributed by atoms with Gasteiger partial charge in [0.05, 0.1) is 0 Å². The van der Waals surface area contributed by atoms with E-state index in [1.165, 1.54) is 17.2 Å². The highest BCUT2D eigenvalue weighted by molar-refractivity contribution is 9.10. The Morgan fingerprint density at radius 1 is 1.21 bits per heavy atom. The lowest BCUT2D eigenvalue weighted by Gasteiger charge is -2.29. The topological polar surface area (TPSA) is 126 Å². The van der Waals surface area contributed by atoms with Gasteiger partial charge in [-0.25, -0.2) is 18.1 Å². The fourth-order valence-electron chi connectivity index (χ4n) is 3.70. The molecule has 2 aliphatic heterocycles. The molecule has 0 radical (unpaired) electrons. The Balaban J connectivity index is 1.41. The van der Waals surface area contributed by atoms with Crippen molar-refractivity contribution in [3.63, 3.8) is 0 Å². The van der Waals surface area contributed by atoms with E-state index >= 15 is 0 Å². The number of nitrogens with one attached hydrogen (secondary N) is 2. The van der Waals surface area contributed by atoms with E-state index in [1.807, 2.05) is 0 Å². The molecule has 1 aromatic heterocycles. The number of pyridine rings is 1. The molecule has 2 N–H and O–H groups in total. The molecule has 1 aromatic carbocycles. The smallest absolute Gasteiger partial charge is 0.258 e. The Kier molecular flexibility index (Phi) is 6.60. The average molecular weight is 531 g/mol. The van der Waals surface area contributed by atoms with Crippen molar-refractivity contribution >= 4 is 43.7 Å². The number of benzene rings is 1. The maximum Gasteiger partial charge on any atom is 0.258 e. The number of fused-ring (bicyclic) bond motifs is 1. The number of imide groups is 1. The minimum absolute atomic E-state index is 0.0772. The van der Waals surface area contributed by atoms with E-state index in [0.29, 0.717) is 22.0 Å². The lowest BCUT2D eigenvalue weighted by Crippen LogP contribution is -2.52. The summed E-state index contributed by atoms with van der Waals surface area (Å²) in [6.45, 7) is 0.330. The Labute approximate surface area is 199 Å². The molecule has 1 atom stereocenters. The zero-order valence-corrected chi connectivity index (χ0v) is 19.7. The number of carbonyl (C=O) groups excluding carboxylic acids is 3. The van der Waals surface area contributed by atoms with Crippen LogP contribution in [0.1, 0.15) is 40.7 Å². The minimum Gasteiger partial charge on any atom is -0.322 e. The summed E-state index contributed by atoms with van der Waals surface area (Å²) in [6.07, 6.45) is 2.14. The van der Waals surface area contributed by atoms with E-state index in [4.69, 9.17) is 0 Å². The van der Waals surface area contributed by atoms with Crippen LogP contribution < -0.4 is 10.0 Å². The number of carbonyl (C=O) groups is 3. The molecule has 11 heteroatoms. The second-order valence-corrected chi connectivity index (χ2v) is 10.1. The van der Waals surface area contributed by atoms with Crippen LogP contribution in [0.2, 0.25) is 0 Å². The molecule has 2 aromatic rings. The van der Waals surface area contributed by atoms with Gasteiger partial charge >= 0.3 is 0 Å². The van der Waals surface area contributed by atoms with Gasteiger partial charge in [0, 0.05) is 47.7 Å². The van der Waals surface area contributed by atoms with E-state index in [9.17, 15) is 22.8 Å². The number of aromatic nitrogens is 1. The highest BCUT2D eigenvalue weighted by atomic mass is 79.9. The summed E-state index contributed by atoms with van der Waals surface area (Å²) in [5.41, 5.74) is 1.85. The van der Waals surface area contributed by atoms with Crippen molar-refractivity contribution in [3.05, 3.63) is 57.7 Å². The van der Waals surface area contributed by atoms with Crippen molar-refractivity contribution in [1.82, 2.24) is 19.9 Å². The third-order valence-corrected chi connectivity index (χ3v) is 7.17. The average Bonchev–Trinajstić information content (AvgIpc) is 3.11. The van der Waals surface area contributed by atoms with E-state index < -0.39 is 22.0 Å². The van der Waals surface area contributed by atoms with Crippen LogP contribution in [0.5, 0.6) is 0 Å². The van der Waals surface area contributed by atoms with E-state index in [0.717, 1.165) is 5.56 Å². The number of amides is 3. The normalized spacial score (nSPS) is 17.9. The number of nitrogens with zero attached hydrogens (tertiary/aromatic N) is 2. The van der Waals surface area contributed by atoms with Crippen LogP contribution in [0.3, 0.4) is 0 Å². The maximum absolute atomic E-state index is 12.8. The number of sulfonamides is 1. The lowest BCUT2D eigenvalue weighted by molar-refractivity contribution is -0.136. The van der Waals surface area contributed by atoms with E-state index in [-0.39, 0.29) is 42.8 Å². The van der Waals surface area contributed by atoms with Crippen molar-refractivity contribution in [2.24, 2.45) is 0 Å². The highest BCUT2D eigenvalue weighted by Gasteiger charge is 2.39. The molecule has 0 spiro atoms.